The zero-order valence-corrected chi connectivity index (χ0v) is 11.8. The number of ether oxygens (including phenoxy) is 1. The van der Waals surface area contributed by atoms with Gasteiger partial charge in [0.15, 0.2) is 0 Å². The molecule has 0 saturated carbocycles. The largest absolute Gasteiger partial charge is 0.445 e. The second-order valence-corrected chi connectivity index (χ2v) is 5.62. The number of rotatable bonds is 3. The molecule has 5 heteroatoms. The fraction of sp³-hybridized carbons (Fsp3) is 0.533. The van der Waals surface area contributed by atoms with Crippen LogP contribution >= 0.6 is 0 Å². The summed E-state index contributed by atoms with van der Waals surface area (Å²) >= 11 is 0. The van der Waals surface area contributed by atoms with Gasteiger partial charge in [0.25, 0.3) is 0 Å². The lowest BCUT2D eigenvalue weighted by Crippen LogP contribution is -2.55. The predicted octanol–water partition coefficient (Wildman–Crippen LogP) is 1.35. The number of aliphatic hydroxyl groups is 1. The third-order valence-electron chi connectivity index (χ3n) is 3.96. The number of hydrogen-bond donors (Lipinski definition) is 2. The van der Waals surface area contributed by atoms with Crippen molar-refractivity contribution < 1.29 is 14.6 Å². The van der Waals surface area contributed by atoms with Crippen LogP contribution < -0.4 is 5.73 Å². The number of nitrogens with two attached hydrogens (primary N) is 1. The summed E-state index contributed by atoms with van der Waals surface area (Å²) in [6.45, 7) is 3.44. The Morgan fingerprint density at radius 2 is 2.20 bits per heavy atom. The molecule has 1 aliphatic heterocycles. The third kappa shape index (κ3) is 3.29. The standard InChI is InChI=1S/C15H22N2O3/c1-15(10-16)11-17(8-7-13(15)18)14(19)20-9-12-5-3-2-4-6-12/h2-6,13,18H,7-11,16H2,1H3. The molecule has 0 bridgehead atoms. The van der Waals surface area contributed by atoms with Crippen LogP contribution in [0.15, 0.2) is 30.3 Å². The number of nitrogens with zero attached hydrogens (tertiary/aromatic N) is 1. The van der Waals surface area contributed by atoms with E-state index in [0.717, 1.165) is 5.56 Å². The molecule has 0 spiro atoms. The molecule has 2 unspecified atom stereocenters. The molecule has 0 aliphatic carbocycles. The molecule has 1 heterocycles. The van der Waals surface area contributed by atoms with Crippen LogP contribution in [-0.4, -0.2) is 41.8 Å². The number of benzene rings is 1. The average Bonchev–Trinajstić information content (AvgIpc) is 2.48. The Hall–Kier alpha value is -1.59. The fourth-order valence-electron chi connectivity index (χ4n) is 2.41. The van der Waals surface area contributed by atoms with Crippen LogP contribution in [0, 0.1) is 5.41 Å². The lowest BCUT2D eigenvalue weighted by Gasteiger charge is -2.42. The van der Waals surface area contributed by atoms with Gasteiger partial charge in [-0.15, -0.1) is 0 Å². The summed E-state index contributed by atoms with van der Waals surface area (Å²) in [5.74, 6) is 0. The maximum absolute atomic E-state index is 12.1. The van der Waals surface area contributed by atoms with Crippen LogP contribution in [-0.2, 0) is 11.3 Å². The fourth-order valence-corrected chi connectivity index (χ4v) is 2.41. The Labute approximate surface area is 119 Å². The first-order valence-electron chi connectivity index (χ1n) is 6.89. The van der Waals surface area contributed by atoms with Gasteiger partial charge >= 0.3 is 6.09 Å². The Morgan fingerprint density at radius 1 is 1.50 bits per heavy atom. The van der Waals surface area contributed by atoms with E-state index >= 15 is 0 Å². The summed E-state index contributed by atoms with van der Waals surface area (Å²) in [6.07, 6.45) is -0.278. The van der Waals surface area contributed by atoms with E-state index in [-0.39, 0.29) is 12.7 Å². The molecule has 0 aromatic heterocycles. The number of carbonyl (C=O) groups excluding carboxylic acids is 1. The topological polar surface area (TPSA) is 75.8 Å². The lowest BCUT2D eigenvalue weighted by molar-refractivity contribution is -0.0293. The first kappa shape index (κ1) is 14.8. The molecule has 3 N–H and O–H groups in total. The van der Waals surface area contributed by atoms with Gasteiger partial charge in [0.05, 0.1) is 6.10 Å². The molecular formula is C15H22N2O3. The monoisotopic (exact) mass is 278 g/mol. The molecule has 1 aliphatic rings. The third-order valence-corrected chi connectivity index (χ3v) is 3.96. The van der Waals surface area contributed by atoms with Crippen LogP contribution in [0.3, 0.4) is 0 Å². The maximum Gasteiger partial charge on any atom is 0.410 e. The average molecular weight is 278 g/mol. The van der Waals surface area contributed by atoms with E-state index in [1.165, 1.54) is 0 Å². The van der Waals surface area contributed by atoms with E-state index in [9.17, 15) is 9.90 Å². The highest BCUT2D eigenvalue weighted by atomic mass is 16.6. The first-order valence-corrected chi connectivity index (χ1v) is 6.89. The van der Waals surface area contributed by atoms with Crippen molar-refractivity contribution in [3.8, 4) is 0 Å². The van der Waals surface area contributed by atoms with Crippen LogP contribution in [0.2, 0.25) is 0 Å². The molecular weight excluding hydrogens is 256 g/mol. The van der Waals surface area contributed by atoms with E-state index in [1.54, 1.807) is 4.90 Å². The van der Waals surface area contributed by atoms with Crippen LogP contribution in [0.1, 0.15) is 18.9 Å². The number of likely N-dealkylation sites (tertiary alicyclic amines) is 1. The lowest BCUT2D eigenvalue weighted by atomic mass is 9.79. The molecule has 2 rings (SSSR count). The van der Waals surface area contributed by atoms with Gasteiger partial charge in [0.1, 0.15) is 6.61 Å². The number of aliphatic hydroxyl groups excluding tert-OH is 1. The highest BCUT2D eigenvalue weighted by molar-refractivity contribution is 5.67. The molecule has 1 aromatic carbocycles. The van der Waals surface area contributed by atoms with E-state index in [1.807, 2.05) is 37.3 Å². The van der Waals surface area contributed by atoms with Crippen LogP contribution in [0.5, 0.6) is 0 Å². The Kier molecular flexibility index (Phi) is 4.62. The van der Waals surface area contributed by atoms with Crippen LogP contribution in [0.4, 0.5) is 4.79 Å². The molecule has 20 heavy (non-hydrogen) atoms. The van der Waals surface area contributed by atoms with Gasteiger partial charge in [-0.3, -0.25) is 0 Å². The van der Waals surface area contributed by atoms with Crippen molar-refractivity contribution in [1.82, 2.24) is 4.90 Å². The van der Waals surface area contributed by atoms with Crippen LogP contribution in [0.25, 0.3) is 0 Å². The zero-order chi connectivity index (χ0) is 14.6. The Bertz CT molecular complexity index is 452. The van der Waals surface area contributed by atoms with Crippen molar-refractivity contribution >= 4 is 6.09 Å². The van der Waals surface area contributed by atoms with Gasteiger partial charge in [-0.2, -0.15) is 0 Å². The number of carbonyl (C=O) groups is 1. The Balaban J connectivity index is 1.90. The van der Waals surface area contributed by atoms with Gasteiger partial charge in [0.2, 0.25) is 0 Å². The quantitative estimate of drug-likeness (QED) is 0.875. The number of amides is 1. The smallest absolute Gasteiger partial charge is 0.410 e. The predicted molar refractivity (Wildman–Crippen MR) is 76.0 cm³/mol. The molecule has 1 amide bonds. The summed E-state index contributed by atoms with van der Waals surface area (Å²) in [6, 6.07) is 9.57. The minimum Gasteiger partial charge on any atom is -0.445 e. The van der Waals surface area contributed by atoms with Gasteiger partial charge in [-0.25, -0.2) is 4.79 Å². The van der Waals surface area contributed by atoms with Crippen molar-refractivity contribution in [2.45, 2.75) is 26.1 Å². The SMILES string of the molecule is CC1(CN)CN(C(=O)OCc2ccccc2)CCC1O. The zero-order valence-electron chi connectivity index (χ0n) is 11.8. The van der Waals surface area contributed by atoms with Gasteiger partial charge < -0.3 is 20.5 Å². The minimum absolute atomic E-state index is 0.262. The van der Waals surface area contributed by atoms with Gasteiger partial charge in [-0.1, -0.05) is 37.3 Å². The van der Waals surface area contributed by atoms with Crippen molar-refractivity contribution in [3.05, 3.63) is 35.9 Å². The highest BCUT2D eigenvalue weighted by Gasteiger charge is 2.39. The summed E-state index contributed by atoms with van der Waals surface area (Å²) in [7, 11) is 0. The van der Waals surface area contributed by atoms with E-state index in [0.29, 0.717) is 26.1 Å². The summed E-state index contributed by atoms with van der Waals surface area (Å²) in [5.41, 5.74) is 6.22. The number of piperidine rings is 1. The van der Waals surface area contributed by atoms with Crippen molar-refractivity contribution in [1.29, 1.82) is 0 Å². The number of hydrogen-bond acceptors (Lipinski definition) is 4. The molecule has 1 fully saturated rings. The molecule has 0 radical (unpaired) electrons. The highest BCUT2D eigenvalue weighted by Crippen LogP contribution is 2.29. The second-order valence-electron chi connectivity index (χ2n) is 5.62. The van der Waals surface area contributed by atoms with Crippen molar-refractivity contribution in [2.75, 3.05) is 19.6 Å². The van der Waals surface area contributed by atoms with Gasteiger partial charge in [0, 0.05) is 25.0 Å². The summed E-state index contributed by atoms with van der Waals surface area (Å²) in [4.78, 5) is 13.7. The molecule has 5 nitrogen and oxygen atoms in total. The van der Waals surface area contributed by atoms with Crippen molar-refractivity contribution in [3.63, 3.8) is 0 Å². The molecule has 110 valence electrons. The van der Waals surface area contributed by atoms with E-state index in [2.05, 4.69) is 0 Å². The minimum atomic E-state index is -0.467. The first-order chi connectivity index (χ1) is 9.55. The maximum atomic E-state index is 12.1. The molecule has 2 atom stereocenters. The molecule has 1 aromatic rings. The van der Waals surface area contributed by atoms with E-state index in [4.69, 9.17) is 10.5 Å². The Morgan fingerprint density at radius 3 is 2.85 bits per heavy atom. The summed E-state index contributed by atoms with van der Waals surface area (Å²) < 4.78 is 5.31. The summed E-state index contributed by atoms with van der Waals surface area (Å²) in [5, 5.41) is 9.98. The second kappa shape index (κ2) is 6.24. The van der Waals surface area contributed by atoms with Gasteiger partial charge in [-0.05, 0) is 12.0 Å². The normalized spacial score (nSPS) is 26.4. The molecule has 1 saturated heterocycles. The van der Waals surface area contributed by atoms with E-state index < -0.39 is 11.5 Å². The van der Waals surface area contributed by atoms with Crippen molar-refractivity contribution in [2.24, 2.45) is 11.1 Å².